The van der Waals surface area contributed by atoms with Crippen LogP contribution in [0.25, 0.3) is 0 Å². The van der Waals surface area contributed by atoms with E-state index in [0.29, 0.717) is 11.8 Å². The first-order chi connectivity index (χ1) is 15.6. The topological polar surface area (TPSA) is 52.6 Å². The largest absolute Gasteiger partial charge is 0.551 e. The Kier molecular flexibility index (Phi) is 12.2. The highest BCUT2D eigenvalue weighted by molar-refractivity contribution is 6.33. The average Bonchev–Trinajstić information content (AvgIpc) is 2.78. The Morgan fingerprint density at radius 1 is 1.30 bits per heavy atom. The van der Waals surface area contributed by atoms with Crippen LogP contribution in [0.1, 0.15) is 67.2 Å². The van der Waals surface area contributed by atoms with E-state index in [-0.39, 0.29) is 44.8 Å². The highest BCUT2D eigenvalue weighted by Gasteiger charge is 2.48. The van der Waals surface area contributed by atoms with E-state index in [1.165, 1.54) is 5.57 Å². The maximum atomic E-state index is 12.5. The zero-order chi connectivity index (χ0) is 25.2. The van der Waals surface area contributed by atoms with Gasteiger partial charge in [0.05, 0.1) is 18.3 Å². The maximum Gasteiger partial charge on any atom is 0.208 e. The van der Waals surface area contributed by atoms with Gasteiger partial charge < -0.3 is 14.0 Å². The van der Waals surface area contributed by atoms with Crippen molar-refractivity contribution in [2.45, 2.75) is 85.5 Å². The van der Waals surface area contributed by atoms with Crippen LogP contribution in [0.5, 0.6) is 0 Å². The molecule has 0 radical (unpaired) electrons. The summed E-state index contributed by atoms with van der Waals surface area (Å²) in [6.45, 7) is 19.1. The summed E-state index contributed by atoms with van der Waals surface area (Å²) in [6.07, 6.45) is 18.6. The van der Waals surface area contributed by atoms with Crippen LogP contribution in [0.3, 0.4) is 0 Å². The van der Waals surface area contributed by atoms with Gasteiger partial charge in [-0.25, -0.2) is 0 Å². The van der Waals surface area contributed by atoms with Crippen molar-refractivity contribution in [3.05, 3.63) is 48.1 Å². The second-order valence-corrected chi connectivity index (χ2v) is 10.4. The predicted octanol–water partition coefficient (Wildman–Crippen LogP) is 5.43. The number of allylic oxidation sites excluding steroid dienone is 5. The van der Waals surface area contributed by atoms with Gasteiger partial charge >= 0.3 is 0 Å². The molecule has 2 aliphatic carbocycles. The van der Waals surface area contributed by atoms with Gasteiger partial charge in [0, 0.05) is 18.3 Å². The minimum absolute atomic E-state index is 0.0104. The van der Waals surface area contributed by atoms with Gasteiger partial charge in [-0.1, -0.05) is 69.0 Å². The summed E-state index contributed by atoms with van der Waals surface area (Å²) in [6, 6.07) is 0. The minimum Gasteiger partial charge on any atom is -0.551 e. The maximum absolute atomic E-state index is 12.5. The smallest absolute Gasteiger partial charge is 0.208 e. The molecule has 0 N–H and O–H groups in total. The molecule has 1 saturated carbocycles. The normalized spacial score (nSPS) is 29.9. The van der Waals surface area contributed by atoms with Crippen LogP contribution in [-0.4, -0.2) is 46.4 Å². The Hall–Kier alpha value is -1.85. The van der Waals surface area contributed by atoms with E-state index < -0.39 is 0 Å². The number of carbonyl (C=O) groups is 2. The van der Waals surface area contributed by atoms with Gasteiger partial charge in [0.15, 0.2) is 5.78 Å². The molecule has 4 nitrogen and oxygen atoms in total. The first kappa shape index (κ1) is 29.2. The summed E-state index contributed by atoms with van der Waals surface area (Å²) in [7, 11) is -0.143. The number of rotatable bonds is 10. The lowest BCUT2D eigenvalue weighted by Gasteiger charge is -2.50. The molecule has 0 bridgehead atoms. The first-order valence-electron chi connectivity index (χ1n) is 12.0. The molecular formula is C28H44O4Si. The molecule has 7 atom stereocenters. The Bertz CT molecular complexity index is 768. The Labute approximate surface area is 203 Å². The molecule has 0 aromatic carbocycles. The van der Waals surface area contributed by atoms with E-state index in [4.69, 9.17) is 14.0 Å². The van der Waals surface area contributed by atoms with Crippen LogP contribution in [0.15, 0.2) is 48.1 Å². The van der Waals surface area contributed by atoms with Gasteiger partial charge in [-0.05, 0) is 57.4 Å². The third kappa shape index (κ3) is 7.85. The molecule has 0 saturated heterocycles. The van der Waals surface area contributed by atoms with E-state index in [1.54, 1.807) is 0 Å². The van der Waals surface area contributed by atoms with Crippen molar-refractivity contribution in [1.82, 2.24) is 0 Å². The van der Waals surface area contributed by atoms with Crippen LogP contribution in [0.2, 0.25) is 0 Å². The van der Waals surface area contributed by atoms with E-state index in [2.05, 4.69) is 71.7 Å². The number of fused-ring (bicyclic) bond motifs is 1. The van der Waals surface area contributed by atoms with Gasteiger partial charge in [-0.3, -0.25) is 4.79 Å². The van der Waals surface area contributed by atoms with E-state index in [1.807, 2.05) is 19.8 Å². The molecule has 2 rings (SSSR count). The second-order valence-electron chi connectivity index (χ2n) is 9.82. The molecule has 1 fully saturated rings. The molecule has 7 unspecified atom stereocenters. The number of carbonyl (C=O) groups excluding carboxylic acids is 2. The van der Waals surface area contributed by atoms with E-state index in [0.717, 1.165) is 31.3 Å². The lowest BCUT2D eigenvalue weighted by Crippen LogP contribution is -2.47. The van der Waals surface area contributed by atoms with Crippen molar-refractivity contribution < 1.29 is 18.8 Å². The van der Waals surface area contributed by atoms with Crippen molar-refractivity contribution in [3.63, 3.8) is 0 Å². The molecule has 0 aromatic heterocycles. The molecule has 184 valence electrons. The molecule has 2 aliphatic rings. The minimum atomic E-state index is -0.143. The van der Waals surface area contributed by atoms with Crippen LogP contribution >= 0.6 is 0 Å². The Balaban J connectivity index is 0.00000265. The number of hydrogen-bond donors (Lipinski definition) is 0. The molecule has 5 heteroatoms. The average molecular weight is 473 g/mol. The van der Waals surface area contributed by atoms with Gasteiger partial charge in [-0.2, -0.15) is 0 Å². The van der Waals surface area contributed by atoms with Crippen molar-refractivity contribution in [1.29, 1.82) is 0 Å². The van der Waals surface area contributed by atoms with E-state index >= 15 is 0 Å². The number of ketones is 1. The van der Waals surface area contributed by atoms with Crippen molar-refractivity contribution >= 4 is 28.1 Å². The monoisotopic (exact) mass is 472 g/mol. The van der Waals surface area contributed by atoms with E-state index in [9.17, 15) is 4.79 Å². The summed E-state index contributed by atoms with van der Waals surface area (Å²) in [4.78, 5) is 20.5. The summed E-state index contributed by atoms with van der Waals surface area (Å²) < 4.78 is 12.1. The molecule has 0 aromatic rings. The molecule has 33 heavy (non-hydrogen) atoms. The molecule has 0 amide bonds. The van der Waals surface area contributed by atoms with Gasteiger partial charge in [0.25, 0.3) is 0 Å². The number of ether oxygens (including phenoxy) is 1. The highest BCUT2D eigenvalue weighted by Crippen LogP contribution is 2.53. The van der Waals surface area contributed by atoms with Crippen LogP contribution in [0, 0.1) is 23.2 Å². The fourth-order valence-electron chi connectivity index (χ4n) is 4.85. The standard InChI is InChI=1S/C27H42O3Si.CH2O/c1-18(2)24-17-27(7)21(5)26(15-14-23(27)16-25(24)28)29-22(6)19(3)12-10-9-11-13-20(4)30-31-8;1-2/h9-12,16,19-22,24,26,31H,1,8,13-15,17H2,2-7H3;1H2/b11-9+,12-10+;. The van der Waals surface area contributed by atoms with Crippen LogP contribution in [-0.2, 0) is 18.8 Å². The quantitative estimate of drug-likeness (QED) is 0.242. The second kappa shape index (κ2) is 13.8. The lowest BCUT2D eigenvalue weighted by molar-refractivity contribution is -0.122. The summed E-state index contributed by atoms with van der Waals surface area (Å²) in [5.74, 6) is 0.887. The first-order valence-corrected chi connectivity index (χ1v) is 13.3. The van der Waals surface area contributed by atoms with Crippen LogP contribution < -0.4 is 0 Å². The van der Waals surface area contributed by atoms with Gasteiger partial charge in [0.1, 0.15) is 6.79 Å². The van der Waals surface area contributed by atoms with Crippen molar-refractivity contribution in [3.8, 4) is 0 Å². The third-order valence-corrected chi connectivity index (χ3v) is 8.12. The van der Waals surface area contributed by atoms with Gasteiger partial charge in [0.2, 0.25) is 9.38 Å². The molecule has 0 heterocycles. The zero-order valence-corrected chi connectivity index (χ0v) is 22.7. The Morgan fingerprint density at radius 2 is 1.97 bits per heavy atom. The SMILES string of the molecule is C=O.C=[SiH]OC(C)C/C=C/C=C/C(C)C(C)OC1CCC2=CC(=O)C(C(=C)C)CC2(C)C1C. The zero-order valence-electron chi connectivity index (χ0n) is 21.5. The number of hydrogen-bond acceptors (Lipinski definition) is 4. The Morgan fingerprint density at radius 3 is 2.58 bits per heavy atom. The lowest BCUT2D eigenvalue weighted by atomic mass is 9.57. The highest BCUT2D eigenvalue weighted by atomic mass is 28.2. The van der Waals surface area contributed by atoms with Crippen LogP contribution in [0.4, 0.5) is 0 Å². The molecule has 0 spiro atoms. The molecular weight excluding hydrogens is 428 g/mol. The third-order valence-electron chi connectivity index (χ3n) is 7.47. The molecule has 0 aliphatic heterocycles. The fraction of sp³-hybridized carbons (Fsp3) is 0.607. The fourth-order valence-corrected chi connectivity index (χ4v) is 5.29. The summed E-state index contributed by atoms with van der Waals surface area (Å²) >= 11 is 0. The summed E-state index contributed by atoms with van der Waals surface area (Å²) in [5, 5.41) is 0. The van der Waals surface area contributed by atoms with Crippen molar-refractivity contribution in [2.24, 2.45) is 23.2 Å². The van der Waals surface area contributed by atoms with Crippen molar-refractivity contribution in [2.75, 3.05) is 0 Å². The summed E-state index contributed by atoms with van der Waals surface area (Å²) in [5.41, 5.74) is 2.30. The van der Waals surface area contributed by atoms with Gasteiger partial charge in [-0.15, -0.1) is 0 Å². The predicted molar refractivity (Wildman–Crippen MR) is 141 cm³/mol.